The molecule has 0 aliphatic carbocycles. The van der Waals surface area contributed by atoms with Crippen LogP contribution in [0.25, 0.3) is 0 Å². The molecule has 0 aliphatic rings. The molecule has 8 heteroatoms. The van der Waals surface area contributed by atoms with Crippen LogP contribution in [0.2, 0.25) is 0 Å². The summed E-state index contributed by atoms with van der Waals surface area (Å²) in [5.74, 6) is -2.48. The van der Waals surface area contributed by atoms with Gasteiger partial charge in [0.05, 0.1) is 0 Å². The van der Waals surface area contributed by atoms with Crippen molar-refractivity contribution in [3.8, 4) is 11.5 Å². The molecule has 0 radical (unpaired) electrons. The molecule has 31 heavy (non-hydrogen) atoms. The minimum atomic E-state index is -1.62. The number of aliphatic hydroxyl groups excluding tert-OH is 1. The van der Waals surface area contributed by atoms with Gasteiger partial charge >= 0.3 is 12.6 Å². The van der Waals surface area contributed by atoms with Crippen molar-refractivity contribution in [1.29, 1.82) is 0 Å². The minimum Gasteiger partial charge on any atom is -0.441 e. The highest BCUT2D eigenvalue weighted by molar-refractivity contribution is 5.64. The van der Waals surface area contributed by atoms with Crippen molar-refractivity contribution < 1.29 is 39.1 Å². The Morgan fingerprint density at radius 3 is 1.65 bits per heavy atom. The van der Waals surface area contributed by atoms with Gasteiger partial charge < -0.3 is 29.5 Å². The van der Waals surface area contributed by atoms with E-state index < -0.39 is 24.2 Å². The Labute approximate surface area is 182 Å². The second kappa shape index (κ2) is 9.23. The fraction of sp³-hybridized carbons (Fsp3) is 0.435. The Morgan fingerprint density at radius 2 is 1.23 bits per heavy atom. The maximum absolute atomic E-state index is 11.7. The Kier molecular flexibility index (Phi) is 7.33. The number of benzene rings is 2. The van der Waals surface area contributed by atoms with Crippen molar-refractivity contribution >= 4 is 6.16 Å². The molecule has 1 atom stereocenters. The normalized spacial score (nSPS) is 13.5. The van der Waals surface area contributed by atoms with Crippen molar-refractivity contribution in [2.75, 3.05) is 0 Å². The van der Waals surface area contributed by atoms with Gasteiger partial charge in [-0.15, -0.1) is 0 Å². The third-order valence-electron chi connectivity index (χ3n) is 4.31. The second-order valence-corrected chi connectivity index (χ2v) is 8.56. The van der Waals surface area contributed by atoms with Crippen LogP contribution in [0.1, 0.15) is 52.7 Å². The summed E-state index contributed by atoms with van der Waals surface area (Å²) in [6, 6.07) is 14.1. The highest BCUT2D eigenvalue weighted by Crippen LogP contribution is 2.33. The molecule has 0 aromatic heterocycles. The topological polar surface area (TPSA) is 115 Å². The summed E-state index contributed by atoms with van der Waals surface area (Å²) in [5, 5.41) is 28.8. The molecule has 0 heterocycles. The monoisotopic (exact) mass is 434 g/mol. The zero-order valence-electron chi connectivity index (χ0n) is 18.6. The van der Waals surface area contributed by atoms with Crippen molar-refractivity contribution in [2.24, 2.45) is 0 Å². The van der Waals surface area contributed by atoms with Gasteiger partial charge in [0.2, 0.25) is 5.79 Å². The predicted octanol–water partition coefficient (Wildman–Crippen LogP) is 3.66. The van der Waals surface area contributed by atoms with Crippen molar-refractivity contribution in [2.45, 2.75) is 65.0 Å². The van der Waals surface area contributed by atoms with Crippen LogP contribution in [0.5, 0.6) is 11.5 Å². The highest BCUT2D eigenvalue weighted by Gasteiger charge is 2.25. The lowest BCUT2D eigenvalue weighted by Gasteiger charge is -2.27. The van der Waals surface area contributed by atoms with Crippen molar-refractivity contribution in [3.05, 3.63) is 59.7 Å². The van der Waals surface area contributed by atoms with E-state index in [1.807, 2.05) is 38.1 Å². The van der Waals surface area contributed by atoms with Crippen LogP contribution in [0, 0.1) is 0 Å². The molecule has 1 unspecified atom stereocenters. The van der Waals surface area contributed by atoms with Gasteiger partial charge in [-0.3, -0.25) is 4.74 Å². The number of ether oxygens (including phenoxy) is 4. The van der Waals surface area contributed by atoms with E-state index >= 15 is 0 Å². The first kappa shape index (κ1) is 24.6. The quantitative estimate of drug-likeness (QED) is 0.328. The summed E-state index contributed by atoms with van der Waals surface area (Å²) in [6.07, 6.45) is -0.995. The summed E-state index contributed by atoms with van der Waals surface area (Å²) >= 11 is 0. The first-order valence-electron chi connectivity index (χ1n) is 9.75. The molecule has 0 saturated carbocycles. The number of hydrogen-bond donors (Lipinski definition) is 3. The first-order valence-corrected chi connectivity index (χ1v) is 9.75. The molecular weight excluding hydrogens is 404 g/mol. The fourth-order valence-electron chi connectivity index (χ4n) is 2.76. The van der Waals surface area contributed by atoms with Crippen LogP contribution in [0.15, 0.2) is 48.5 Å². The standard InChI is InChI=1S/C23H30O8/c1-21(2,15-7-11-17(12-8-15)28-19(24)30-22(3,4)26)16-9-13-18(14-10-16)29-20(25)31-23(5,6)27/h7-14,19,24,26-27H,1-6H3. The fourth-order valence-corrected chi connectivity index (χ4v) is 2.76. The van der Waals surface area contributed by atoms with E-state index in [0.29, 0.717) is 11.5 Å². The Hall–Kier alpha value is -2.65. The Bertz CT molecular complexity index is 858. The van der Waals surface area contributed by atoms with Crippen LogP contribution >= 0.6 is 0 Å². The molecule has 0 amide bonds. The number of carbonyl (C=O) groups is 1. The Balaban J connectivity index is 2.06. The summed E-state index contributed by atoms with van der Waals surface area (Å²) in [5.41, 5.74) is 1.56. The number of carbonyl (C=O) groups excluding carboxylic acids is 1. The van der Waals surface area contributed by atoms with E-state index in [0.717, 1.165) is 11.1 Å². The maximum atomic E-state index is 11.7. The smallest absolute Gasteiger partial charge is 0.441 e. The van der Waals surface area contributed by atoms with E-state index in [1.54, 1.807) is 24.3 Å². The molecule has 0 spiro atoms. The van der Waals surface area contributed by atoms with Gasteiger partial charge in [-0.1, -0.05) is 38.1 Å². The summed E-state index contributed by atoms with van der Waals surface area (Å²) in [7, 11) is 0. The molecule has 8 nitrogen and oxygen atoms in total. The van der Waals surface area contributed by atoms with Crippen molar-refractivity contribution in [3.63, 3.8) is 0 Å². The number of rotatable bonds is 8. The molecule has 2 aromatic rings. The molecule has 170 valence electrons. The van der Waals surface area contributed by atoms with E-state index in [4.69, 9.17) is 18.9 Å². The van der Waals surface area contributed by atoms with Crippen LogP contribution in [0.3, 0.4) is 0 Å². The van der Waals surface area contributed by atoms with Crippen LogP contribution < -0.4 is 9.47 Å². The third kappa shape index (κ3) is 7.84. The summed E-state index contributed by atoms with van der Waals surface area (Å²) in [6.45, 7) is 7.90. The molecule has 0 fully saturated rings. The number of aliphatic hydroxyl groups is 3. The summed E-state index contributed by atoms with van der Waals surface area (Å²) < 4.78 is 19.9. The molecule has 2 rings (SSSR count). The highest BCUT2D eigenvalue weighted by atomic mass is 16.8. The third-order valence-corrected chi connectivity index (χ3v) is 4.31. The van der Waals surface area contributed by atoms with Gasteiger partial charge in [0.25, 0.3) is 0 Å². The van der Waals surface area contributed by atoms with Gasteiger partial charge in [0.15, 0.2) is 5.79 Å². The predicted molar refractivity (Wildman–Crippen MR) is 112 cm³/mol. The van der Waals surface area contributed by atoms with Gasteiger partial charge in [0.1, 0.15) is 11.5 Å². The zero-order valence-corrected chi connectivity index (χ0v) is 18.6. The van der Waals surface area contributed by atoms with E-state index in [9.17, 15) is 20.1 Å². The van der Waals surface area contributed by atoms with E-state index in [-0.39, 0.29) is 5.41 Å². The maximum Gasteiger partial charge on any atom is 0.516 e. The molecule has 0 bridgehead atoms. The van der Waals surface area contributed by atoms with Gasteiger partial charge in [-0.25, -0.2) is 4.79 Å². The minimum absolute atomic E-state index is 0.290. The average Bonchev–Trinajstić information content (AvgIpc) is 2.59. The van der Waals surface area contributed by atoms with Crippen molar-refractivity contribution in [1.82, 2.24) is 0 Å². The van der Waals surface area contributed by atoms with Crippen LogP contribution in [0.4, 0.5) is 4.79 Å². The zero-order chi connectivity index (χ0) is 23.4. The largest absolute Gasteiger partial charge is 0.516 e. The lowest BCUT2D eigenvalue weighted by Crippen LogP contribution is -2.33. The average molecular weight is 434 g/mol. The van der Waals surface area contributed by atoms with Gasteiger partial charge in [-0.05, 0) is 49.2 Å². The van der Waals surface area contributed by atoms with Gasteiger partial charge in [-0.2, -0.15) is 0 Å². The van der Waals surface area contributed by atoms with E-state index in [1.165, 1.54) is 27.7 Å². The Morgan fingerprint density at radius 1 is 0.774 bits per heavy atom. The second-order valence-electron chi connectivity index (χ2n) is 8.56. The molecular formula is C23H30O8. The molecule has 3 N–H and O–H groups in total. The SMILES string of the molecule is CC(C)(O)OC(=O)Oc1ccc(C(C)(C)c2ccc(OC(O)OC(C)(C)O)cc2)cc1. The lowest BCUT2D eigenvalue weighted by atomic mass is 9.78. The lowest BCUT2D eigenvalue weighted by molar-refractivity contribution is -0.320. The molecule has 2 aromatic carbocycles. The molecule has 0 aliphatic heterocycles. The van der Waals surface area contributed by atoms with Crippen LogP contribution in [-0.4, -0.2) is 39.5 Å². The van der Waals surface area contributed by atoms with Crippen LogP contribution in [-0.2, 0) is 14.9 Å². The first-order chi connectivity index (χ1) is 14.2. The number of hydrogen-bond acceptors (Lipinski definition) is 8. The van der Waals surface area contributed by atoms with E-state index in [2.05, 4.69) is 0 Å². The summed E-state index contributed by atoms with van der Waals surface area (Å²) in [4.78, 5) is 11.7. The van der Waals surface area contributed by atoms with Gasteiger partial charge in [0, 0.05) is 19.3 Å². The molecule has 0 saturated heterocycles.